The third-order valence-corrected chi connectivity index (χ3v) is 2.55. The van der Waals surface area contributed by atoms with Crippen LogP contribution in [0.1, 0.15) is 24.4 Å². The molecular formula is C11H14N-. The molecule has 1 nitrogen and oxygen atoms in total. The highest BCUT2D eigenvalue weighted by molar-refractivity contribution is 5.19. The Morgan fingerprint density at radius 3 is 2.58 bits per heavy atom. The molecule has 0 aliphatic carbocycles. The molecule has 2 rings (SSSR count). The molecule has 0 saturated carbocycles. The summed E-state index contributed by atoms with van der Waals surface area (Å²) in [5.41, 5.74) is 1.41. The lowest BCUT2D eigenvalue weighted by Gasteiger charge is -2.27. The largest absolute Gasteiger partial charge is 0.453 e. The highest BCUT2D eigenvalue weighted by Crippen LogP contribution is 2.30. The third kappa shape index (κ3) is 1.37. The molecule has 1 atom stereocenters. The lowest BCUT2D eigenvalue weighted by molar-refractivity contribution is 0.353. The summed E-state index contributed by atoms with van der Waals surface area (Å²) in [4.78, 5) is 2.19. The molecule has 0 aromatic heterocycles. The molecule has 1 aromatic rings. The van der Waals surface area contributed by atoms with Crippen LogP contribution in [0.2, 0.25) is 0 Å². The zero-order valence-corrected chi connectivity index (χ0v) is 7.24. The van der Waals surface area contributed by atoms with Crippen molar-refractivity contribution in [1.29, 1.82) is 0 Å². The molecule has 1 heterocycles. The van der Waals surface area contributed by atoms with E-state index >= 15 is 0 Å². The Hall–Kier alpha value is -0.820. The van der Waals surface area contributed by atoms with E-state index in [2.05, 4.69) is 42.3 Å². The number of hydrogen-bond donors (Lipinski definition) is 0. The third-order valence-electron chi connectivity index (χ3n) is 2.55. The molecule has 1 saturated heterocycles. The van der Waals surface area contributed by atoms with Crippen LogP contribution in [0, 0.1) is 7.05 Å². The van der Waals surface area contributed by atoms with Gasteiger partial charge in [0.2, 0.25) is 0 Å². The second-order valence-electron chi connectivity index (χ2n) is 3.38. The van der Waals surface area contributed by atoms with Crippen LogP contribution >= 0.6 is 0 Å². The number of likely N-dealkylation sites (tertiary alicyclic amines) is 1. The minimum absolute atomic E-state index is 0.561. The Balaban J connectivity index is 2.19. The summed E-state index contributed by atoms with van der Waals surface area (Å²) >= 11 is 0. The second-order valence-corrected chi connectivity index (χ2v) is 3.38. The van der Waals surface area contributed by atoms with Crippen LogP contribution in [-0.4, -0.2) is 11.4 Å². The van der Waals surface area contributed by atoms with E-state index in [0.717, 1.165) is 6.54 Å². The van der Waals surface area contributed by atoms with Gasteiger partial charge in [0.15, 0.2) is 0 Å². The molecule has 1 aliphatic heterocycles. The lowest BCUT2D eigenvalue weighted by Crippen LogP contribution is -2.14. The Bertz CT molecular complexity index is 242. The standard InChI is InChI=1S/C11H14N/c1-12-9-5-8-11(12)10-6-3-2-4-7-10/h2-4,6-7,11H,1,5,8-9H2/q-1. The predicted molar refractivity (Wildman–Crippen MR) is 50.5 cm³/mol. The van der Waals surface area contributed by atoms with Crippen LogP contribution in [-0.2, 0) is 0 Å². The molecule has 1 fully saturated rings. The van der Waals surface area contributed by atoms with Gasteiger partial charge in [-0.3, -0.25) is 7.05 Å². The molecule has 1 heteroatoms. The van der Waals surface area contributed by atoms with E-state index in [9.17, 15) is 0 Å². The van der Waals surface area contributed by atoms with E-state index in [1.807, 2.05) is 0 Å². The molecule has 1 aromatic carbocycles. The van der Waals surface area contributed by atoms with E-state index in [0.29, 0.717) is 6.04 Å². The summed E-state index contributed by atoms with van der Waals surface area (Å²) in [5.74, 6) is 0. The minimum atomic E-state index is 0.561. The first-order valence-electron chi connectivity index (χ1n) is 4.50. The molecule has 1 aliphatic rings. The van der Waals surface area contributed by atoms with Crippen LogP contribution in [0.5, 0.6) is 0 Å². The SMILES string of the molecule is [CH2-]N1CCCC1c1ccccc1. The summed E-state index contributed by atoms with van der Waals surface area (Å²) in [6, 6.07) is 11.2. The molecule has 1 unspecified atom stereocenters. The molecule has 0 bridgehead atoms. The van der Waals surface area contributed by atoms with Crippen LogP contribution in [0.3, 0.4) is 0 Å². The van der Waals surface area contributed by atoms with Crippen molar-refractivity contribution in [3.63, 3.8) is 0 Å². The topological polar surface area (TPSA) is 3.24 Å². The van der Waals surface area contributed by atoms with Crippen molar-refractivity contribution >= 4 is 0 Å². The van der Waals surface area contributed by atoms with Crippen molar-refractivity contribution in [2.24, 2.45) is 0 Å². The van der Waals surface area contributed by atoms with Crippen molar-refractivity contribution in [2.75, 3.05) is 6.54 Å². The monoisotopic (exact) mass is 160 g/mol. The fourth-order valence-electron chi connectivity index (χ4n) is 1.88. The first kappa shape index (κ1) is 7.81. The van der Waals surface area contributed by atoms with Crippen molar-refractivity contribution in [3.05, 3.63) is 42.9 Å². The Labute approximate surface area is 74.0 Å². The summed E-state index contributed by atoms with van der Waals surface area (Å²) < 4.78 is 0. The Kier molecular flexibility index (Phi) is 2.13. The van der Waals surface area contributed by atoms with Gasteiger partial charge in [0.25, 0.3) is 0 Å². The number of hydrogen-bond acceptors (Lipinski definition) is 1. The average Bonchev–Trinajstić information content (AvgIpc) is 2.53. The highest BCUT2D eigenvalue weighted by Gasteiger charge is 2.17. The Morgan fingerprint density at radius 1 is 1.25 bits per heavy atom. The van der Waals surface area contributed by atoms with Gasteiger partial charge in [0.05, 0.1) is 0 Å². The summed E-state index contributed by atoms with van der Waals surface area (Å²) in [6.45, 7) is 1.14. The maximum Gasteiger partial charge on any atom is 0.00732 e. The Morgan fingerprint density at radius 2 is 2.00 bits per heavy atom. The van der Waals surface area contributed by atoms with Gasteiger partial charge in [-0.2, -0.15) is 0 Å². The van der Waals surface area contributed by atoms with Gasteiger partial charge in [0.1, 0.15) is 0 Å². The van der Waals surface area contributed by atoms with Crippen molar-refractivity contribution in [3.8, 4) is 0 Å². The molecule has 0 radical (unpaired) electrons. The smallest absolute Gasteiger partial charge is 0.00732 e. The normalized spacial score (nSPS) is 24.6. The van der Waals surface area contributed by atoms with Gasteiger partial charge in [-0.05, 0) is 24.9 Å². The summed E-state index contributed by atoms with van der Waals surface area (Å²) in [6.07, 6.45) is 2.54. The van der Waals surface area contributed by atoms with Gasteiger partial charge >= 0.3 is 0 Å². The molecule has 0 spiro atoms. The lowest BCUT2D eigenvalue weighted by atomic mass is 10.1. The molecule has 0 N–H and O–H groups in total. The van der Waals surface area contributed by atoms with Gasteiger partial charge in [0, 0.05) is 6.04 Å². The molecular weight excluding hydrogens is 146 g/mol. The van der Waals surface area contributed by atoms with Gasteiger partial charge < -0.3 is 4.90 Å². The van der Waals surface area contributed by atoms with Crippen molar-refractivity contribution in [1.82, 2.24) is 4.90 Å². The molecule has 64 valence electrons. The van der Waals surface area contributed by atoms with Crippen LogP contribution < -0.4 is 0 Å². The number of nitrogens with zero attached hydrogens (tertiary/aromatic N) is 1. The summed E-state index contributed by atoms with van der Waals surface area (Å²) in [5, 5.41) is 0. The number of rotatable bonds is 1. The fraction of sp³-hybridized carbons (Fsp3) is 0.364. The fourth-order valence-corrected chi connectivity index (χ4v) is 1.88. The van der Waals surface area contributed by atoms with Crippen LogP contribution in [0.4, 0.5) is 0 Å². The zero-order chi connectivity index (χ0) is 8.39. The molecule has 0 amide bonds. The first-order valence-corrected chi connectivity index (χ1v) is 4.50. The highest BCUT2D eigenvalue weighted by atomic mass is 15.1. The quantitative estimate of drug-likeness (QED) is 0.571. The van der Waals surface area contributed by atoms with Crippen molar-refractivity contribution in [2.45, 2.75) is 18.9 Å². The van der Waals surface area contributed by atoms with Gasteiger partial charge in [-0.15, -0.1) is 0 Å². The van der Waals surface area contributed by atoms with E-state index in [1.165, 1.54) is 18.4 Å². The molecule has 12 heavy (non-hydrogen) atoms. The van der Waals surface area contributed by atoms with Gasteiger partial charge in [-0.1, -0.05) is 30.3 Å². The van der Waals surface area contributed by atoms with Crippen molar-refractivity contribution < 1.29 is 0 Å². The van der Waals surface area contributed by atoms with E-state index in [4.69, 9.17) is 0 Å². The average molecular weight is 160 g/mol. The van der Waals surface area contributed by atoms with Crippen LogP contribution in [0.15, 0.2) is 30.3 Å². The van der Waals surface area contributed by atoms with E-state index in [-0.39, 0.29) is 0 Å². The minimum Gasteiger partial charge on any atom is -0.453 e. The second kappa shape index (κ2) is 3.28. The predicted octanol–water partition coefficient (Wildman–Crippen LogP) is 2.62. The van der Waals surface area contributed by atoms with E-state index < -0.39 is 0 Å². The summed E-state index contributed by atoms with van der Waals surface area (Å²) in [7, 11) is 4.03. The number of benzene rings is 1. The maximum absolute atomic E-state index is 4.03. The van der Waals surface area contributed by atoms with Gasteiger partial charge in [-0.25, -0.2) is 0 Å². The zero-order valence-electron chi connectivity index (χ0n) is 7.24. The first-order chi connectivity index (χ1) is 5.88. The van der Waals surface area contributed by atoms with Crippen LogP contribution in [0.25, 0.3) is 0 Å². The maximum atomic E-state index is 4.03. The van der Waals surface area contributed by atoms with E-state index in [1.54, 1.807) is 0 Å².